The van der Waals surface area contributed by atoms with Gasteiger partial charge in [-0.05, 0) is 24.5 Å². The summed E-state index contributed by atoms with van der Waals surface area (Å²) in [5, 5.41) is 0.674. The highest BCUT2D eigenvalue weighted by Crippen LogP contribution is 2.15. The van der Waals surface area contributed by atoms with Crippen LogP contribution in [0.1, 0.15) is 44.6 Å². The quantitative estimate of drug-likeness (QED) is 0.482. The lowest BCUT2D eigenvalue weighted by Crippen LogP contribution is -2.10. The SMILES string of the molecule is CCCCOC(=O)CCCC(=O)OCCc1ccccc1Cl. The van der Waals surface area contributed by atoms with E-state index in [2.05, 4.69) is 0 Å². The van der Waals surface area contributed by atoms with E-state index in [-0.39, 0.29) is 24.8 Å². The second-order valence-corrected chi connectivity index (χ2v) is 5.40. The fourth-order valence-electron chi connectivity index (χ4n) is 1.83. The molecule has 0 N–H and O–H groups in total. The molecule has 0 aliphatic heterocycles. The Bertz CT molecular complexity index is 473. The standard InChI is InChI=1S/C17H23ClO4/c1-2-3-12-21-16(19)9-6-10-17(20)22-13-11-14-7-4-5-8-15(14)18/h4-5,7-8H,2-3,6,9-13H2,1H3. The summed E-state index contributed by atoms with van der Waals surface area (Å²) in [6.45, 7) is 2.79. The van der Waals surface area contributed by atoms with Crippen molar-refractivity contribution in [2.24, 2.45) is 0 Å². The van der Waals surface area contributed by atoms with Crippen molar-refractivity contribution in [3.8, 4) is 0 Å². The van der Waals surface area contributed by atoms with Crippen LogP contribution in [0.15, 0.2) is 24.3 Å². The van der Waals surface area contributed by atoms with Crippen molar-refractivity contribution < 1.29 is 19.1 Å². The summed E-state index contributed by atoms with van der Waals surface area (Å²) in [6.07, 6.45) is 3.38. The molecule has 1 rings (SSSR count). The fraction of sp³-hybridized carbons (Fsp3) is 0.529. The van der Waals surface area contributed by atoms with E-state index in [1.807, 2.05) is 31.2 Å². The molecule has 0 radical (unpaired) electrons. The first-order valence-corrected chi connectivity index (χ1v) is 8.06. The molecule has 0 unspecified atom stereocenters. The first-order valence-electron chi connectivity index (χ1n) is 7.68. The molecule has 0 atom stereocenters. The zero-order chi connectivity index (χ0) is 16.2. The van der Waals surface area contributed by atoms with E-state index in [1.165, 1.54) is 0 Å². The Morgan fingerprint density at radius 3 is 2.27 bits per heavy atom. The van der Waals surface area contributed by atoms with Crippen molar-refractivity contribution in [3.63, 3.8) is 0 Å². The third-order valence-electron chi connectivity index (χ3n) is 3.12. The average molecular weight is 327 g/mol. The number of esters is 2. The Labute approximate surface area is 136 Å². The number of hydrogen-bond donors (Lipinski definition) is 0. The maximum absolute atomic E-state index is 11.6. The third kappa shape index (κ3) is 8.03. The summed E-state index contributed by atoms with van der Waals surface area (Å²) in [7, 11) is 0. The zero-order valence-electron chi connectivity index (χ0n) is 13.0. The molecule has 0 aromatic heterocycles. The highest BCUT2D eigenvalue weighted by Gasteiger charge is 2.07. The number of hydrogen-bond acceptors (Lipinski definition) is 4. The average Bonchev–Trinajstić information content (AvgIpc) is 2.49. The molecule has 0 spiro atoms. The molecule has 1 aromatic rings. The van der Waals surface area contributed by atoms with Gasteiger partial charge in [0, 0.05) is 24.3 Å². The van der Waals surface area contributed by atoms with Gasteiger partial charge in [0.25, 0.3) is 0 Å². The van der Waals surface area contributed by atoms with Crippen molar-refractivity contribution >= 4 is 23.5 Å². The third-order valence-corrected chi connectivity index (χ3v) is 3.48. The van der Waals surface area contributed by atoms with Crippen LogP contribution in [0, 0.1) is 0 Å². The predicted molar refractivity (Wildman–Crippen MR) is 85.8 cm³/mol. The highest BCUT2D eigenvalue weighted by molar-refractivity contribution is 6.31. The Kier molecular flexibility index (Phi) is 9.31. The van der Waals surface area contributed by atoms with Gasteiger partial charge >= 0.3 is 11.9 Å². The second-order valence-electron chi connectivity index (χ2n) is 4.99. The predicted octanol–water partition coefficient (Wildman–Crippen LogP) is 3.94. The highest BCUT2D eigenvalue weighted by atomic mass is 35.5. The fourth-order valence-corrected chi connectivity index (χ4v) is 2.06. The topological polar surface area (TPSA) is 52.6 Å². The number of halogens is 1. The summed E-state index contributed by atoms with van der Waals surface area (Å²) in [5.74, 6) is -0.550. The molecule has 0 fully saturated rings. The Hall–Kier alpha value is -1.55. The van der Waals surface area contributed by atoms with Gasteiger partial charge in [-0.2, -0.15) is 0 Å². The van der Waals surface area contributed by atoms with Gasteiger partial charge in [-0.3, -0.25) is 9.59 Å². The van der Waals surface area contributed by atoms with E-state index in [0.717, 1.165) is 18.4 Å². The lowest BCUT2D eigenvalue weighted by Gasteiger charge is -2.06. The molecular formula is C17H23ClO4. The van der Waals surface area contributed by atoms with Crippen LogP contribution < -0.4 is 0 Å². The molecule has 1 aromatic carbocycles. The number of ether oxygens (including phenoxy) is 2. The first-order chi connectivity index (χ1) is 10.6. The van der Waals surface area contributed by atoms with Crippen LogP contribution in [0.4, 0.5) is 0 Å². The van der Waals surface area contributed by atoms with Crippen molar-refractivity contribution in [3.05, 3.63) is 34.9 Å². The van der Waals surface area contributed by atoms with Crippen LogP contribution in [-0.4, -0.2) is 25.2 Å². The maximum Gasteiger partial charge on any atom is 0.305 e. The first kappa shape index (κ1) is 18.5. The van der Waals surface area contributed by atoms with Crippen molar-refractivity contribution in [2.45, 2.75) is 45.4 Å². The summed E-state index contributed by atoms with van der Waals surface area (Å²) in [4.78, 5) is 22.9. The molecule has 5 heteroatoms. The van der Waals surface area contributed by atoms with Gasteiger partial charge < -0.3 is 9.47 Å². The van der Waals surface area contributed by atoms with Crippen LogP contribution in [0.5, 0.6) is 0 Å². The molecule has 0 heterocycles. The smallest absolute Gasteiger partial charge is 0.305 e. The minimum absolute atomic E-state index is 0.228. The molecule has 0 saturated carbocycles. The molecule has 0 bridgehead atoms. The summed E-state index contributed by atoms with van der Waals surface area (Å²) in [5.41, 5.74) is 0.955. The van der Waals surface area contributed by atoms with Crippen LogP contribution >= 0.6 is 11.6 Å². The van der Waals surface area contributed by atoms with Gasteiger partial charge in [-0.15, -0.1) is 0 Å². The van der Waals surface area contributed by atoms with Gasteiger partial charge in [-0.1, -0.05) is 43.1 Å². The number of rotatable bonds is 10. The van der Waals surface area contributed by atoms with Crippen LogP contribution in [0.3, 0.4) is 0 Å². The largest absolute Gasteiger partial charge is 0.466 e. The molecule has 22 heavy (non-hydrogen) atoms. The Morgan fingerprint density at radius 2 is 1.64 bits per heavy atom. The normalized spacial score (nSPS) is 10.3. The number of carbonyl (C=O) groups excluding carboxylic acids is 2. The van der Waals surface area contributed by atoms with Crippen molar-refractivity contribution in [1.29, 1.82) is 0 Å². The summed E-state index contributed by atoms with van der Waals surface area (Å²) < 4.78 is 10.1. The molecule has 0 saturated heterocycles. The van der Waals surface area contributed by atoms with Gasteiger partial charge in [0.1, 0.15) is 0 Å². The molecule has 0 aliphatic carbocycles. The summed E-state index contributed by atoms with van der Waals surface area (Å²) >= 11 is 6.02. The van der Waals surface area contributed by atoms with E-state index in [4.69, 9.17) is 21.1 Å². The number of carbonyl (C=O) groups is 2. The maximum atomic E-state index is 11.6. The van der Waals surface area contributed by atoms with Gasteiger partial charge in [0.15, 0.2) is 0 Å². The number of benzene rings is 1. The van der Waals surface area contributed by atoms with E-state index in [1.54, 1.807) is 0 Å². The minimum atomic E-state index is -0.298. The van der Waals surface area contributed by atoms with E-state index in [9.17, 15) is 9.59 Å². The Balaban J connectivity index is 2.09. The van der Waals surface area contributed by atoms with Gasteiger partial charge in [-0.25, -0.2) is 0 Å². The van der Waals surface area contributed by atoms with Gasteiger partial charge in [0.05, 0.1) is 13.2 Å². The molecule has 122 valence electrons. The Morgan fingerprint density at radius 1 is 1.00 bits per heavy atom. The van der Waals surface area contributed by atoms with Crippen LogP contribution in [0.2, 0.25) is 5.02 Å². The zero-order valence-corrected chi connectivity index (χ0v) is 13.7. The van der Waals surface area contributed by atoms with Crippen molar-refractivity contribution in [2.75, 3.05) is 13.2 Å². The lowest BCUT2D eigenvalue weighted by atomic mass is 10.2. The van der Waals surface area contributed by atoms with Gasteiger partial charge in [0.2, 0.25) is 0 Å². The van der Waals surface area contributed by atoms with Crippen molar-refractivity contribution in [1.82, 2.24) is 0 Å². The monoisotopic (exact) mass is 326 g/mol. The van der Waals surface area contributed by atoms with E-state index < -0.39 is 0 Å². The lowest BCUT2D eigenvalue weighted by molar-refractivity contribution is -0.145. The number of unbranched alkanes of at least 4 members (excludes halogenated alkanes) is 1. The van der Waals surface area contributed by atoms with Crippen LogP contribution in [-0.2, 0) is 25.5 Å². The second kappa shape index (κ2) is 11.1. The minimum Gasteiger partial charge on any atom is -0.466 e. The molecule has 0 amide bonds. The molecular weight excluding hydrogens is 304 g/mol. The summed E-state index contributed by atoms with van der Waals surface area (Å²) in [6, 6.07) is 7.47. The molecule has 0 aliphatic rings. The van der Waals surface area contributed by atoms with E-state index in [0.29, 0.717) is 31.1 Å². The van der Waals surface area contributed by atoms with Crippen LogP contribution in [0.25, 0.3) is 0 Å². The molecule has 4 nitrogen and oxygen atoms in total. The van der Waals surface area contributed by atoms with E-state index >= 15 is 0 Å².